The number of aromatic nitrogens is 1. The number of amides is 2. The summed E-state index contributed by atoms with van der Waals surface area (Å²) in [6.07, 6.45) is 1.28. The molecule has 0 bridgehead atoms. The number of fused-ring (bicyclic) bond motifs is 1. The fourth-order valence-electron chi connectivity index (χ4n) is 3.33. The number of carbonyl (C=O) groups is 2. The molecule has 1 aromatic heterocycles. The summed E-state index contributed by atoms with van der Waals surface area (Å²) in [5.41, 5.74) is 3.20. The van der Waals surface area contributed by atoms with E-state index in [-0.39, 0.29) is 12.5 Å². The van der Waals surface area contributed by atoms with Crippen molar-refractivity contribution in [3.8, 4) is 0 Å². The van der Waals surface area contributed by atoms with Gasteiger partial charge < -0.3 is 15.4 Å². The van der Waals surface area contributed by atoms with Gasteiger partial charge in [0.15, 0.2) is 0 Å². The van der Waals surface area contributed by atoms with Crippen LogP contribution >= 0.6 is 0 Å². The normalized spacial score (nSPS) is 11.5. The molecule has 0 aliphatic rings. The molecule has 0 fully saturated rings. The Morgan fingerprint density at radius 3 is 2.25 bits per heavy atom. The number of pyridine rings is 1. The van der Waals surface area contributed by atoms with Crippen molar-refractivity contribution in [1.82, 2.24) is 10.3 Å². The number of anilines is 1. The fourth-order valence-corrected chi connectivity index (χ4v) is 3.33. The van der Waals surface area contributed by atoms with E-state index in [2.05, 4.69) is 15.6 Å². The molecule has 4 aromatic rings. The molecule has 6 nitrogen and oxygen atoms in total. The van der Waals surface area contributed by atoms with Gasteiger partial charge in [-0.1, -0.05) is 78.9 Å². The van der Waals surface area contributed by atoms with Crippen molar-refractivity contribution < 1.29 is 14.3 Å². The Morgan fingerprint density at radius 1 is 0.844 bits per heavy atom. The zero-order valence-corrected chi connectivity index (χ0v) is 17.4. The third kappa shape index (κ3) is 5.70. The lowest BCUT2D eigenvalue weighted by atomic mass is 10.1. The van der Waals surface area contributed by atoms with Gasteiger partial charge in [0.25, 0.3) is 0 Å². The molecule has 0 aliphatic heterocycles. The van der Waals surface area contributed by atoms with E-state index in [1.54, 1.807) is 6.20 Å². The highest BCUT2D eigenvalue weighted by molar-refractivity contribution is 5.98. The largest absolute Gasteiger partial charge is 0.445 e. The average molecular weight is 425 g/mol. The Hall–Kier alpha value is -4.19. The Bertz CT molecular complexity index is 1200. The standard InChI is InChI=1S/C26H23N3O3/c30-25(28-22-16-21-13-7-8-14-23(21)27-17-22)24(15-19-9-3-1-4-10-19)29-26(31)32-18-20-11-5-2-6-12-20/h1-14,16-17,24H,15,18H2,(H,28,30)(H,29,31). The summed E-state index contributed by atoms with van der Waals surface area (Å²) in [5.74, 6) is -0.345. The van der Waals surface area contributed by atoms with Gasteiger partial charge in [-0.3, -0.25) is 9.78 Å². The van der Waals surface area contributed by atoms with Crippen LogP contribution in [0.3, 0.4) is 0 Å². The monoisotopic (exact) mass is 425 g/mol. The first kappa shape index (κ1) is 21.1. The Morgan fingerprint density at radius 2 is 1.50 bits per heavy atom. The van der Waals surface area contributed by atoms with Crippen molar-refractivity contribution in [2.75, 3.05) is 5.32 Å². The van der Waals surface area contributed by atoms with Crippen LogP contribution in [0.5, 0.6) is 0 Å². The molecule has 0 spiro atoms. The van der Waals surface area contributed by atoms with Gasteiger partial charge in [-0.05, 0) is 23.3 Å². The van der Waals surface area contributed by atoms with Gasteiger partial charge in [-0.25, -0.2) is 4.79 Å². The maximum absolute atomic E-state index is 13.1. The van der Waals surface area contributed by atoms with Gasteiger partial charge in [0.1, 0.15) is 12.6 Å². The van der Waals surface area contributed by atoms with Crippen LogP contribution in [-0.4, -0.2) is 23.0 Å². The van der Waals surface area contributed by atoms with E-state index in [4.69, 9.17) is 4.74 Å². The van der Waals surface area contributed by atoms with Gasteiger partial charge in [0.2, 0.25) is 5.91 Å². The molecule has 160 valence electrons. The number of nitrogens with one attached hydrogen (secondary N) is 2. The molecule has 1 heterocycles. The third-order valence-corrected chi connectivity index (χ3v) is 4.96. The fraction of sp³-hybridized carbons (Fsp3) is 0.115. The van der Waals surface area contributed by atoms with Crippen LogP contribution in [0.2, 0.25) is 0 Å². The zero-order valence-electron chi connectivity index (χ0n) is 17.4. The minimum absolute atomic E-state index is 0.126. The van der Waals surface area contributed by atoms with Crippen LogP contribution < -0.4 is 10.6 Å². The SMILES string of the molecule is O=C(NC(Cc1ccccc1)C(=O)Nc1cnc2ccccc2c1)OCc1ccccc1. The molecule has 2 amide bonds. The Kier molecular flexibility index (Phi) is 6.72. The highest BCUT2D eigenvalue weighted by Crippen LogP contribution is 2.16. The maximum Gasteiger partial charge on any atom is 0.408 e. The van der Waals surface area contributed by atoms with Crippen molar-refractivity contribution in [2.45, 2.75) is 19.1 Å². The molecule has 3 aromatic carbocycles. The summed E-state index contributed by atoms with van der Waals surface area (Å²) in [6, 6.07) is 27.6. The number of carbonyl (C=O) groups excluding carboxylic acids is 2. The van der Waals surface area contributed by atoms with E-state index in [9.17, 15) is 9.59 Å². The first-order valence-corrected chi connectivity index (χ1v) is 10.3. The first-order chi connectivity index (χ1) is 15.7. The van der Waals surface area contributed by atoms with Gasteiger partial charge in [0, 0.05) is 11.8 Å². The number of hydrogen-bond acceptors (Lipinski definition) is 4. The summed E-state index contributed by atoms with van der Waals surface area (Å²) in [6.45, 7) is 0.126. The second-order valence-electron chi connectivity index (χ2n) is 7.35. The van der Waals surface area contributed by atoms with Crippen LogP contribution in [-0.2, 0) is 22.6 Å². The van der Waals surface area contributed by atoms with Crippen molar-refractivity contribution in [3.63, 3.8) is 0 Å². The van der Waals surface area contributed by atoms with E-state index < -0.39 is 12.1 Å². The summed E-state index contributed by atoms with van der Waals surface area (Å²) < 4.78 is 5.31. The van der Waals surface area contributed by atoms with Crippen molar-refractivity contribution >= 4 is 28.6 Å². The third-order valence-electron chi connectivity index (χ3n) is 4.96. The molecule has 2 N–H and O–H groups in total. The second kappa shape index (κ2) is 10.2. The number of rotatable bonds is 7. The van der Waals surface area contributed by atoms with Gasteiger partial charge in [-0.15, -0.1) is 0 Å². The number of ether oxygens (including phenoxy) is 1. The molecule has 32 heavy (non-hydrogen) atoms. The Balaban J connectivity index is 1.45. The smallest absolute Gasteiger partial charge is 0.408 e. The minimum atomic E-state index is -0.813. The highest BCUT2D eigenvalue weighted by Gasteiger charge is 2.22. The number of hydrogen-bond donors (Lipinski definition) is 2. The molecule has 0 saturated carbocycles. The van der Waals surface area contributed by atoms with Crippen molar-refractivity contribution in [2.24, 2.45) is 0 Å². The topological polar surface area (TPSA) is 80.3 Å². The van der Waals surface area contributed by atoms with E-state index in [0.29, 0.717) is 12.1 Å². The number of alkyl carbamates (subject to hydrolysis) is 1. The van der Waals surface area contributed by atoms with Crippen molar-refractivity contribution in [1.29, 1.82) is 0 Å². The molecule has 4 rings (SSSR count). The van der Waals surface area contributed by atoms with Gasteiger partial charge >= 0.3 is 6.09 Å². The first-order valence-electron chi connectivity index (χ1n) is 10.3. The summed E-state index contributed by atoms with van der Waals surface area (Å²) in [4.78, 5) is 29.9. The van der Waals surface area contributed by atoms with Crippen LogP contribution in [0.15, 0.2) is 97.2 Å². The summed E-state index contributed by atoms with van der Waals surface area (Å²) in [7, 11) is 0. The van der Waals surface area contributed by atoms with E-state index in [1.165, 1.54) is 0 Å². The maximum atomic E-state index is 13.1. The molecule has 6 heteroatoms. The molecular formula is C26H23N3O3. The molecular weight excluding hydrogens is 402 g/mol. The highest BCUT2D eigenvalue weighted by atomic mass is 16.5. The van der Waals surface area contributed by atoms with Crippen molar-refractivity contribution in [3.05, 3.63) is 108 Å². The summed E-state index contributed by atoms with van der Waals surface area (Å²) in [5, 5.41) is 6.48. The molecule has 1 atom stereocenters. The number of para-hydroxylation sites is 1. The van der Waals surface area contributed by atoms with E-state index in [0.717, 1.165) is 22.0 Å². The lowest BCUT2D eigenvalue weighted by Crippen LogP contribution is -2.45. The van der Waals surface area contributed by atoms with E-state index >= 15 is 0 Å². The Labute approximate surface area is 186 Å². The molecule has 1 unspecified atom stereocenters. The molecule has 0 saturated heterocycles. The van der Waals surface area contributed by atoms with E-state index in [1.807, 2.05) is 91.0 Å². The van der Waals surface area contributed by atoms with Crippen LogP contribution in [0.1, 0.15) is 11.1 Å². The molecule has 0 radical (unpaired) electrons. The van der Waals surface area contributed by atoms with Crippen LogP contribution in [0, 0.1) is 0 Å². The average Bonchev–Trinajstić information content (AvgIpc) is 2.83. The molecule has 0 aliphatic carbocycles. The predicted octanol–water partition coefficient (Wildman–Crippen LogP) is 4.71. The number of benzene rings is 3. The van der Waals surface area contributed by atoms with Gasteiger partial charge in [-0.2, -0.15) is 0 Å². The number of nitrogens with zero attached hydrogens (tertiary/aromatic N) is 1. The predicted molar refractivity (Wildman–Crippen MR) is 124 cm³/mol. The zero-order chi connectivity index (χ0) is 22.2. The minimum Gasteiger partial charge on any atom is -0.445 e. The second-order valence-corrected chi connectivity index (χ2v) is 7.35. The van der Waals surface area contributed by atoms with Crippen LogP contribution in [0.25, 0.3) is 10.9 Å². The lowest BCUT2D eigenvalue weighted by Gasteiger charge is -2.19. The summed E-state index contributed by atoms with van der Waals surface area (Å²) >= 11 is 0. The quantitative estimate of drug-likeness (QED) is 0.449. The van der Waals surface area contributed by atoms with Gasteiger partial charge in [0.05, 0.1) is 17.4 Å². The van der Waals surface area contributed by atoms with Crippen LogP contribution in [0.4, 0.5) is 10.5 Å². The lowest BCUT2D eigenvalue weighted by molar-refractivity contribution is -0.118.